The molecule has 0 saturated carbocycles. The second-order valence-electron chi connectivity index (χ2n) is 30.1. The number of carbonyl (C=O) groups excluding carboxylic acids is 11. The normalized spacial score (nSPS) is 14.3. The van der Waals surface area contributed by atoms with Gasteiger partial charge in [-0.2, -0.15) is 0 Å². The molecule has 120 heavy (non-hydrogen) atoms. The van der Waals surface area contributed by atoms with Crippen LogP contribution in [0.25, 0.3) is 32.7 Å². The van der Waals surface area contributed by atoms with Crippen molar-refractivity contribution < 1.29 is 103 Å². The Morgan fingerprint density at radius 1 is 0.400 bits per heavy atom. The van der Waals surface area contributed by atoms with Gasteiger partial charge in [0.2, 0.25) is 65.0 Å². The topological polar surface area (TPSA) is 645 Å². The van der Waals surface area contributed by atoms with Crippen LogP contribution in [0.1, 0.15) is 121 Å². The van der Waals surface area contributed by atoms with Crippen molar-refractivity contribution in [3.05, 3.63) is 138 Å². The zero-order valence-corrected chi connectivity index (χ0v) is 66.8. The number of phenols is 1. The van der Waals surface area contributed by atoms with Crippen molar-refractivity contribution in [1.82, 2.24) is 78.8 Å². The van der Waals surface area contributed by atoms with Gasteiger partial charge in [-0.1, -0.05) is 94.4 Å². The average Bonchev–Trinajstić information content (AvgIpc) is 1.70. The number of carbonyl (C=O) groups is 15. The number of aromatic amines is 3. The molecule has 646 valence electrons. The van der Waals surface area contributed by atoms with E-state index in [1.165, 1.54) is 19.1 Å². The molecule has 26 N–H and O–H groups in total. The number of nitrogens with one attached hydrogen (secondary N) is 16. The minimum atomic E-state index is -1.81. The number of aliphatic hydroxyl groups excluding tert-OH is 1. The maximum atomic E-state index is 15.4. The number of H-pyrrole nitrogens is 3. The molecule has 7 aromatic rings. The van der Waals surface area contributed by atoms with E-state index >= 15 is 9.59 Å². The molecular weight excluding hydrogens is 1560 g/mol. The van der Waals surface area contributed by atoms with Crippen LogP contribution in [0.2, 0.25) is 0 Å². The highest BCUT2D eigenvalue weighted by Gasteiger charge is 2.39. The van der Waals surface area contributed by atoms with Gasteiger partial charge < -0.3 is 121 Å². The van der Waals surface area contributed by atoms with Gasteiger partial charge in [0.15, 0.2) is 5.96 Å². The van der Waals surface area contributed by atoms with Crippen molar-refractivity contribution in [2.24, 2.45) is 23.3 Å². The molecule has 3 aromatic heterocycles. The number of nitrogens with two attached hydrogens (primary N) is 2. The van der Waals surface area contributed by atoms with Gasteiger partial charge in [0.1, 0.15) is 66.2 Å². The number of rotatable bonds is 49. The number of guanidine groups is 1. The quantitative estimate of drug-likeness (QED) is 0.0134. The first-order chi connectivity index (χ1) is 56.9. The van der Waals surface area contributed by atoms with Crippen molar-refractivity contribution in [1.29, 1.82) is 5.41 Å². The van der Waals surface area contributed by atoms with Gasteiger partial charge in [-0.25, -0.2) is 4.79 Å². The number of para-hydroxylation sites is 3. The van der Waals surface area contributed by atoms with Crippen LogP contribution < -0.4 is 75.3 Å². The van der Waals surface area contributed by atoms with Crippen molar-refractivity contribution in [2.75, 3.05) is 13.1 Å². The van der Waals surface area contributed by atoms with Crippen LogP contribution in [-0.4, -0.2) is 226 Å². The van der Waals surface area contributed by atoms with Gasteiger partial charge in [-0.15, -0.1) is 0 Å². The van der Waals surface area contributed by atoms with Crippen molar-refractivity contribution in [3.8, 4) is 5.75 Å². The highest BCUT2D eigenvalue weighted by Crippen LogP contribution is 2.24. The van der Waals surface area contributed by atoms with Gasteiger partial charge in [-0.05, 0) is 123 Å². The summed E-state index contributed by atoms with van der Waals surface area (Å²) in [4.78, 5) is 217. The van der Waals surface area contributed by atoms with Gasteiger partial charge in [-0.3, -0.25) is 72.5 Å². The molecule has 0 fully saturated rings. The lowest BCUT2D eigenvalue weighted by Crippen LogP contribution is -2.62. The van der Waals surface area contributed by atoms with Gasteiger partial charge >= 0.3 is 23.9 Å². The second-order valence-corrected chi connectivity index (χ2v) is 30.1. The van der Waals surface area contributed by atoms with Crippen LogP contribution in [0.5, 0.6) is 5.75 Å². The minimum absolute atomic E-state index is 0.00757. The summed E-state index contributed by atoms with van der Waals surface area (Å²) in [5, 5.41) is 99.4. The molecule has 39 nitrogen and oxygen atoms in total. The van der Waals surface area contributed by atoms with Gasteiger partial charge in [0, 0.05) is 96.4 Å². The number of aromatic hydroxyl groups is 1. The van der Waals surface area contributed by atoms with Gasteiger partial charge in [0.25, 0.3) is 0 Å². The third kappa shape index (κ3) is 29.3. The van der Waals surface area contributed by atoms with Crippen LogP contribution in [0.15, 0.2) is 116 Å². The number of carboxylic acid groups (broad SMARTS) is 4. The lowest BCUT2D eigenvalue weighted by atomic mass is 9.99. The zero-order chi connectivity index (χ0) is 88.0. The number of phenolic OH excluding ortho intramolecular Hbond substituents is 1. The summed E-state index contributed by atoms with van der Waals surface area (Å²) >= 11 is 0. The highest BCUT2D eigenvalue weighted by atomic mass is 16.4. The molecule has 0 aliphatic carbocycles. The number of hydrogen-bond donors (Lipinski definition) is 24. The van der Waals surface area contributed by atoms with E-state index in [-0.39, 0.29) is 69.6 Å². The Morgan fingerprint density at radius 3 is 1.15 bits per heavy atom. The fourth-order valence-corrected chi connectivity index (χ4v) is 13.3. The smallest absolute Gasteiger partial charge is 0.326 e. The molecule has 0 radical (unpaired) electrons. The Kier molecular flexibility index (Phi) is 35.4. The van der Waals surface area contributed by atoms with Crippen molar-refractivity contribution >= 4 is 128 Å². The molecule has 12 atom stereocenters. The standard InChI is InChI=1S/C81H106N18O21/c1-41(2)31-60(75(114)96-62(34-45-37-86-53-16-9-6-13-49(45)53)71(110)89-40-65(102)90-56(24-27-66(103)104)72(111)91-57(25-28-67(105)106)73(112)93-59(80(119)120)19-12-30-85-81(83)84)95-74(113)58(26-29-68(107)108)92-76(115)63(35-46-38-87-54-17-10-7-14-50(46)54)97-77(116)64(36-47-39-88-55-18-11-8-15-51(47)55)98-79(118)69(43(5)100)99-78(117)61(32-42(3)4)94-70(109)52(82)33-44-20-22-48(101)23-21-44/h6-11,13-18,20-23,37-39,41-43,52,56-64,69,86-88,100-101H,12,19,24-36,40,82H2,1-5H3,(H,89,110)(H,90,102)(H,91,111)(H,92,115)(H,93,112)(H,94,109)(H,95,113)(H,96,114)(H,97,116)(H,98,118)(H,99,117)(H,103,104)(H,105,106)(H,107,108)(H,119,120)(H4,83,84,85)/t43-,52+,56+,57+,58+,59+,60+,61+,62+,63+,64+,69+/m1/s1. The molecule has 4 aromatic carbocycles. The molecule has 0 aliphatic heterocycles. The molecule has 0 unspecified atom stereocenters. The Morgan fingerprint density at radius 2 is 0.750 bits per heavy atom. The number of amides is 11. The van der Waals surface area contributed by atoms with Crippen LogP contribution in [0, 0.1) is 17.2 Å². The van der Waals surface area contributed by atoms with Crippen LogP contribution in [0.3, 0.4) is 0 Å². The summed E-state index contributed by atoms with van der Waals surface area (Å²) in [5.41, 5.74) is 15.4. The third-order valence-electron chi connectivity index (χ3n) is 19.5. The Hall–Kier alpha value is -13.5. The van der Waals surface area contributed by atoms with Crippen LogP contribution >= 0.6 is 0 Å². The molecule has 0 bridgehead atoms. The van der Waals surface area contributed by atoms with E-state index in [1.54, 1.807) is 131 Å². The number of aliphatic carboxylic acids is 4. The second kappa shape index (κ2) is 45.3. The van der Waals surface area contributed by atoms with E-state index in [1.807, 2.05) is 0 Å². The summed E-state index contributed by atoms with van der Waals surface area (Å²) < 4.78 is 0. The van der Waals surface area contributed by atoms with E-state index in [2.05, 4.69) is 78.8 Å². The first-order valence-electron chi connectivity index (χ1n) is 39.1. The fourth-order valence-electron chi connectivity index (χ4n) is 13.3. The summed E-state index contributed by atoms with van der Waals surface area (Å²) in [6, 6.07) is 9.04. The molecular formula is C81H106N18O21. The molecule has 3 heterocycles. The highest BCUT2D eigenvalue weighted by molar-refractivity contribution is 6.01. The Labute approximate surface area is 688 Å². The molecule has 7 rings (SSSR count). The summed E-state index contributed by atoms with van der Waals surface area (Å²) in [7, 11) is 0. The lowest BCUT2D eigenvalue weighted by molar-refractivity contribution is -0.143. The number of fused-ring (bicyclic) bond motifs is 3. The maximum absolute atomic E-state index is 15.4. The molecule has 0 spiro atoms. The number of aliphatic hydroxyl groups is 1. The monoisotopic (exact) mass is 1670 g/mol. The molecule has 39 heteroatoms. The number of aromatic nitrogens is 3. The predicted molar refractivity (Wildman–Crippen MR) is 436 cm³/mol. The fraction of sp³-hybridized carbons (Fsp3) is 0.432. The zero-order valence-electron chi connectivity index (χ0n) is 66.8. The number of hydrogen-bond acceptors (Lipinski definition) is 19. The largest absolute Gasteiger partial charge is 0.508 e. The Bertz CT molecular complexity index is 4810. The van der Waals surface area contributed by atoms with Gasteiger partial charge in [0.05, 0.1) is 18.7 Å². The third-order valence-corrected chi connectivity index (χ3v) is 19.5. The summed E-state index contributed by atoms with van der Waals surface area (Å²) in [5.74, 6) is -18.3. The van der Waals surface area contributed by atoms with E-state index in [0.717, 1.165) is 0 Å². The summed E-state index contributed by atoms with van der Waals surface area (Å²) in [6.07, 6.45) is -2.26. The van der Waals surface area contributed by atoms with E-state index in [9.17, 15) is 93.0 Å². The first kappa shape index (κ1) is 93.7. The SMILES string of the molecule is CC(C)C[C@H](NC(=O)[C@H](CCC(=O)O)NC(=O)[C@H](Cc1c[nH]c2ccccc12)NC(=O)[C@H](Cc1c[nH]c2ccccc12)NC(=O)[C@@H](NC(=O)[C@H](CC(C)C)NC(=O)[C@@H](N)Cc1ccc(O)cc1)[C@@H](C)O)C(=O)N[C@@H](Cc1c[nH]c2ccccc12)C(=O)NCC(=O)N[C@@H](CCC(=O)O)C(=O)N[C@@H](CCC(=O)O)C(=O)N[C@@H](CCCNC(=N)N)C(=O)O. The van der Waals surface area contributed by atoms with Crippen molar-refractivity contribution in [3.63, 3.8) is 0 Å². The van der Waals surface area contributed by atoms with E-state index < -0.39 is 218 Å². The Balaban J connectivity index is 1.14. The number of benzene rings is 4. The maximum Gasteiger partial charge on any atom is 0.326 e. The average molecular weight is 1670 g/mol. The predicted octanol–water partition coefficient (Wildman–Crippen LogP) is -0.187. The first-order valence-corrected chi connectivity index (χ1v) is 39.1. The number of carboxylic acids is 4. The van der Waals surface area contributed by atoms with E-state index in [0.29, 0.717) is 55.0 Å². The molecule has 0 aliphatic rings. The minimum Gasteiger partial charge on any atom is -0.508 e. The van der Waals surface area contributed by atoms with Crippen LogP contribution in [-0.2, 0) is 97.6 Å². The molecule has 11 amide bonds. The van der Waals surface area contributed by atoms with Crippen LogP contribution in [0.4, 0.5) is 0 Å². The molecule has 0 saturated heterocycles. The summed E-state index contributed by atoms with van der Waals surface area (Å²) in [6.45, 7) is 7.22. The lowest BCUT2D eigenvalue weighted by Gasteiger charge is -2.29. The van der Waals surface area contributed by atoms with Crippen molar-refractivity contribution in [2.45, 2.75) is 197 Å². The van der Waals surface area contributed by atoms with E-state index in [4.69, 9.17) is 16.9 Å².